The molecule has 4 aromatic rings. The Morgan fingerprint density at radius 1 is 0.912 bits per heavy atom. The normalized spacial score (nSPS) is 14.6. The van der Waals surface area contributed by atoms with Gasteiger partial charge in [0.15, 0.2) is 17.0 Å². The van der Waals surface area contributed by atoms with Crippen molar-refractivity contribution in [3.05, 3.63) is 71.0 Å². The van der Waals surface area contributed by atoms with Gasteiger partial charge in [-0.25, -0.2) is 9.97 Å². The molecule has 5 rings (SSSR count). The first kappa shape index (κ1) is 22.3. The number of piperazine rings is 1. The van der Waals surface area contributed by atoms with Gasteiger partial charge >= 0.3 is 0 Å². The van der Waals surface area contributed by atoms with Crippen LogP contribution in [-0.2, 0) is 5.41 Å². The number of carbonyl (C=O) groups is 1. The van der Waals surface area contributed by atoms with Gasteiger partial charge in [0.05, 0.1) is 5.69 Å². The zero-order valence-electron chi connectivity index (χ0n) is 19.4. The molecule has 2 aromatic carbocycles. The Morgan fingerprint density at radius 3 is 2.24 bits per heavy atom. The van der Waals surface area contributed by atoms with Crippen LogP contribution in [-0.4, -0.2) is 61.9 Å². The predicted octanol–water partition coefficient (Wildman–Crippen LogP) is 4.12. The molecule has 1 aliphatic rings. The van der Waals surface area contributed by atoms with E-state index in [0.29, 0.717) is 42.4 Å². The molecule has 0 radical (unpaired) electrons. The molecule has 3 heterocycles. The van der Waals surface area contributed by atoms with Crippen LogP contribution in [0.3, 0.4) is 0 Å². The van der Waals surface area contributed by atoms with Gasteiger partial charge in [0.1, 0.15) is 6.33 Å². The lowest BCUT2D eigenvalue weighted by Crippen LogP contribution is -2.49. The van der Waals surface area contributed by atoms with Gasteiger partial charge in [-0.1, -0.05) is 49.7 Å². The summed E-state index contributed by atoms with van der Waals surface area (Å²) < 4.78 is 1.68. The van der Waals surface area contributed by atoms with E-state index < -0.39 is 0 Å². The zero-order chi connectivity index (χ0) is 23.9. The van der Waals surface area contributed by atoms with E-state index in [2.05, 4.69) is 46.0 Å². The monoisotopic (exact) mass is 475 g/mol. The lowest BCUT2D eigenvalue weighted by Gasteiger charge is -2.35. The van der Waals surface area contributed by atoms with Crippen molar-refractivity contribution < 1.29 is 4.79 Å². The fourth-order valence-corrected chi connectivity index (χ4v) is 4.27. The number of anilines is 1. The van der Waals surface area contributed by atoms with Crippen LogP contribution in [0.1, 0.15) is 36.7 Å². The molecular formula is C25H26ClN7O. The molecule has 0 spiro atoms. The summed E-state index contributed by atoms with van der Waals surface area (Å²) in [7, 11) is 0. The number of halogens is 1. The summed E-state index contributed by atoms with van der Waals surface area (Å²) in [4.78, 5) is 26.0. The fraction of sp³-hybridized carbons (Fsp3) is 0.320. The first-order chi connectivity index (χ1) is 16.3. The standard InChI is InChI=1S/C25H26ClN7O/c1-25(2,3)18-6-4-17(5-7-18)24(34)32-14-12-31(13-15-32)22-21-23(28-16-27-22)33(30-29-21)20-10-8-19(26)9-11-20/h4-11,16H,12-15H2,1-3H3. The average molecular weight is 476 g/mol. The summed E-state index contributed by atoms with van der Waals surface area (Å²) in [6.07, 6.45) is 1.53. The largest absolute Gasteiger partial charge is 0.351 e. The number of hydrogen-bond acceptors (Lipinski definition) is 6. The Balaban J connectivity index is 1.31. The molecule has 0 aliphatic carbocycles. The number of fused-ring (bicyclic) bond motifs is 1. The predicted molar refractivity (Wildman–Crippen MR) is 133 cm³/mol. The second kappa shape index (κ2) is 8.68. The molecule has 0 unspecified atom stereocenters. The second-order valence-corrected chi connectivity index (χ2v) is 9.89. The molecule has 174 valence electrons. The number of benzene rings is 2. The first-order valence-electron chi connectivity index (χ1n) is 11.3. The van der Waals surface area contributed by atoms with Gasteiger partial charge in [-0.15, -0.1) is 5.10 Å². The Kier molecular flexibility index (Phi) is 5.69. The number of aromatic nitrogens is 5. The van der Waals surface area contributed by atoms with E-state index >= 15 is 0 Å². The van der Waals surface area contributed by atoms with Crippen LogP contribution in [0.15, 0.2) is 54.9 Å². The summed E-state index contributed by atoms with van der Waals surface area (Å²) in [5.41, 5.74) is 4.08. The number of nitrogens with zero attached hydrogens (tertiary/aromatic N) is 7. The van der Waals surface area contributed by atoms with Gasteiger partial charge in [-0.2, -0.15) is 4.68 Å². The van der Waals surface area contributed by atoms with E-state index in [1.54, 1.807) is 16.8 Å². The van der Waals surface area contributed by atoms with Gasteiger partial charge in [0, 0.05) is 36.8 Å². The summed E-state index contributed by atoms with van der Waals surface area (Å²) in [6, 6.07) is 15.3. The van der Waals surface area contributed by atoms with E-state index in [1.165, 1.54) is 11.9 Å². The van der Waals surface area contributed by atoms with Crippen LogP contribution in [0, 0.1) is 0 Å². The van der Waals surface area contributed by atoms with Crippen molar-refractivity contribution in [2.75, 3.05) is 31.1 Å². The molecule has 0 bridgehead atoms. The first-order valence-corrected chi connectivity index (χ1v) is 11.7. The highest BCUT2D eigenvalue weighted by Gasteiger charge is 2.26. The maximum absolute atomic E-state index is 13.0. The third kappa shape index (κ3) is 4.21. The molecular weight excluding hydrogens is 450 g/mol. The maximum atomic E-state index is 13.0. The van der Waals surface area contributed by atoms with Gasteiger partial charge < -0.3 is 9.80 Å². The molecule has 0 atom stereocenters. The lowest BCUT2D eigenvalue weighted by atomic mass is 9.86. The quantitative estimate of drug-likeness (QED) is 0.443. The van der Waals surface area contributed by atoms with E-state index in [9.17, 15) is 4.79 Å². The third-order valence-electron chi connectivity index (χ3n) is 6.15. The highest BCUT2D eigenvalue weighted by molar-refractivity contribution is 6.30. The van der Waals surface area contributed by atoms with Crippen molar-refractivity contribution in [2.24, 2.45) is 0 Å². The Bertz CT molecular complexity index is 1320. The van der Waals surface area contributed by atoms with E-state index in [4.69, 9.17) is 11.6 Å². The highest BCUT2D eigenvalue weighted by Crippen LogP contribution is 2.25. The molecule has 0 saturated carbocycles. The minimum Gasteiger partial charge on any atom is -0.351 e. The Morgan fingerprint density at radius 2 is 1.59 bits per heavy atom. The number of hydrogen-bond donors (Lipinski definition) is 0. The molecule has 9 heteroatoms. The Hall–Kier alpha value is -3.52. The molecule has 1 saturated heterocycles. The smallest absolute Gasteiger partial charge is 0.253 e. The Labute approximate surface area is 203 Å². The van der Waals surface area contributed by atoms with E-state index in [-0.39, 0.29) is 11.3 Å². The van der Waals surface area contributed by atoms with Crippen LogP contribution in [0.4, 0.5) is 5.82 Å². The zero-order valence-corrected chi connectivity index (χ0v) is 20.2. The van der Waals surface area contributed by atoms with Gasteiger partial charge in [-0.3, -0.25) is 4.79 Å². The van der Waals surface area contributed by atoms with Crippen LogP contribution in [0.5, 0.6) is 0 Å². The van der Waals surface area contributed by atoms with E-state index in [1.807, 2.05) is 41.3 Å². The fourth-order valence-electron chi connectivity index (χ4n) is 4.14. The number of rotatable bonds is 3. The van der Waals surface area contributed by atoms with Crippen LogP contribution >= 0.6 is 11.6 Å². The summed E-state index contributed by atoms with van der Waals surface area (Å²) >= 11 is 6.01. The van der Waals surface area contributed by atoms with Gasteiger partial charge in [-0.05, 0) is 47.4 Å². The van der Waals surface area contributed by atoms with Crippen molar-refractivity contribution in [3.63, 3.8) is 0 Å². The van der Waals surface area contributed by atoms with Gasteiger partial charge in [0.25, 0.3) is 5.91 Å². The lowest BCUT2D eigenvalue weighted by molar-refractivity contribution is 0.0746. The molecule has 34 heavy (non-hydrogen) atoms. The minimum atomic E-state index is 0.0571. The van der Waals surface area contributed by atoms with Crippen LogP contribution < -0.4 is 4.90 Å². The van der Waals surface area contributed by atoms with Crippen LogP contribution in [0.2, 0.25) is 5.02 Å². The second-order valence-electron chi connectivity index (χ2n) is 9.45. The molecule has 1 aliphatic heterocycles. The third-order valence-corrected chi connectivity index (χ3v) is 6.41. The summed E-state index contributed by atoms with van der Waals surface area (Å²) in [5.74, 6) is 0.786. The maximum Gasteiger partial charge on any atom is 0.253 e. The van der Waals surface area contributed by atoms with Crippen molar-refractivity contribution in [1.29, 1.82) is 0 Å². The van der Waals surface area contributed by atoms with Crippen molar-refractivity contribution in [3.8, 4) is 5.69 Å². The van der Waals surface area contributed by atoms with Crippen LogP contribution in [0.25, 0.3) is 16.9 Å². The van der Waals surface area contributed by atoms with Gasteiger partial charge in [0.2, 0.25) is 0 Å². The molecule has 0 N–H and O–H groups in total. The minimum absolute atomic E-state index is 0.0571. The molecule has 1 amide bonds. The van der Waals surface area contributed by atoms with E-state index in [0.717, 1.165) is 17.1 Å². The number of carbonyl (C=O) groups excluding carboxylic acids is 1. The molecule has 1 fully saturated rings. The van der Waals surface area contributed by atoms with Crippen molar-refractivity contribution in [1.82, 2.24) is 29.9 Å². The summed E-state index contributed by atoms with van der Waals surface area (Å²) in [6.45, 7) is 9.04. The number of amides is 1. The summed E-state index contributed by atoms with van der Waals surface area (Å²) in [5, 5.41) is 9.30. The molecule has 2 aromatic heterocycles. The topological polar surface area (TPSA) is 80.0 Å². The molecule has 8 nitrogen and oxygen atoms in total. The van der Waals surface area contributed by atoms with Crippen molar-refractivity contribution >= 4 is 34.5 Å². The SMILES string of the molecule is CC(C)(C)c1ccc(C(=O)N2CCN(c3ncnc4c3nnn4-c3ccc(Cl)cc3)CC2)cc1. The highest BCUT2D eigenvalue weighted by atomic mass is 35.5. The average Bonchev–Trinajstić information content (AvgIpc) is 3.28. The van der Waals surface area contributed by atoms with Crippen molar-refractivity contribution in [2.45, 2.75) is 26.2 Å².